The second-order valence-electron chi connectivity index (χ2n) is 7.15. The average Bonchev–Trinajstić information content (AvgIpc) is 3.07. The van der Waals surface area contributed by atoms with E-state index >= 15 is 0 Å². The van der Waals surface area contributed by atoms with Gasteiger partial charge in [-0.3, -0.25) is 19.8 Å². The van der Waals surface area contributed by atoms with E-state index in [1.54, 1.807) is 23.1 Å². The van der Waals surface area contributed by atoms with E-state index < -0.39 is 4.92 Å². The fourth-order valence-electron chi connectivity index (χ4n) is 3.18. The van der Waals surface area contributed by atoms with Crippen LogP contribution in [0.2, 0.25) is 0 Å². The van der Waals surface area contributed by atoms with Gasteiger partial charge in [-0.2, -0.15) is 0 Å². The Hall–Kier alpha value is -3.01. The summed E-state index contributed by atoms with van der Waals surface area (Å²) < 4.78 is 7.33. The highest BCUT2D eigenvalue weighted by Crippen LogP contribution is 2.36. The maximum Gasteiger partial charge on any atom is 0.269 e. The zero-order valence-electron chi connectivity index (χ0n) is 17.1. The number of hydrogen-bond acceptors (Lipinski definition) is 6. The molecular weight excluding hydrogens is 524 g/mol. The Bertz CT molecular complexity index is 1250. The number of amides is 1. The number of rotatable bonds is 7. The number of thioether (sulfide) groups is 1. The van der Waals surface area contributed by atoms with Crippen molar-refractivity contribution in [3.8, 4) is 5.75 Å². The lowest BCUT2D eigenvalue weighted by Gasteiger charge is -2.14. The van der Waals surface area contributed by atoms with Crippen LogP contribution in [0.1, 0.15) is 16.7 Å². The number of carbonyl (C=O) groups is 1. The molecule has 0 atom stereocenters. The lowest BCUT2D eigenvalue weighted by molar-refractivity contribution is -0.384. The molecule has 1 saturated heterocycles. The number of hydrogen-bond donors (Lipinski definition) is 0. The molecule has 0 N–H and O–H groups in total. The number of nitro groups is 1. The summed E-state index contributed by atoms with van der Waals surface area (Å²) in [5, 5.41) is 10.8. The predicted octanol–water partition coefficient (Wildman–Crippen LogP) is 6.34. The molecule has 3 aromatic carbocycles. The van der Waals surface area contributed by atoms with E-state index in [2.05, 4.69) is 15.9 Å². The first-order valence-corrected chi connectivity index (χ1v) is 11.9. The minimum Gasteiger partial charge on any atom is -0.488 e. The van der Waals surface area contributed by atoms with Crippen LogP contribution in [0.5, 0.6) is 5.75 Å². The van der Waals surface area contributed by atoms with E-state index in [0.717, 1.165) is 21.2 Å². The summed E-state index contributed by atoms with van der Waals surface area (Å²) in [4.78, 5) is 25.5. The zero-order valence-corrected chi connectivity index (χ0v) is 20.4. The molecule has 33 heavy (non-hydrogen) atoms. The van der Waals surface area contributed by atoms with Crippen LogP contribution in [0.3, 0.4) is 0 Å². The van der Waals surface area contributed by atoms with E-state index in [1.807, 2.05) is 48.5 Å². The van der Waals surface area contributed by atoms with E-state index in [0.29, 0.717) is 21.5 Å². The molecule has 1 heterocycles. The van der Waals surface area contributed by atoms with E-state index in [-0.39, 0.29) is 18.2 Å². The molecule has 0 aliphatic carbocycles. The SMILES string of the molecule is O=C1/C(=C\c2cc(Br)ccc2OCc2ccc([N+](=O)[O-])cc2)SC(=S)N1Cc1ccccc1. The molecule has 6 nitrogen and oxygen atoms in total. The number of halogens is 1. The maximum absolute atomic E-state index is 13.0. The third-order valence-corrected chi connectivity index (χ3v) is 6.73. The van der Waals surface area contributed by atoms with Gasteiger partial charge in [0, 0.05) is 22.2 Å². The van der Waals surface area contributed by atoms with E-state index in [1.165, 1.54) is 23.9 Å². The summed E-state index contributed by atoms with van der Waals surface area (Å²) in [6.45, 7) is 0.653. The number of non-ortho nitro benzene ring substituents is 1. The van der Waals surface area contributed by atoms with Gasteiger partial charge in [-0.15, -0.1) is 0 Å². The first kappa shape index (κ1) is 23.2. The van der Waals surface area contributed by atoms with Crippen LogP contribution < -0.4 is 4.74 Å². The molecule has 1 fully saturated rings. The monoisotopic (exact) mass is 540 g/mol. The second kappa shape index (κ2) is 10.3. The van der Waals surface area contributed by atoms with Gasteiger partial charge >= 0.3 is 0 Å². The number of nitro benzene ring substituents is 1. The van der Waals surface area contributed by atoms with E-state index in [4.69, 9.17) is 17.0 Å². The maximum atomic E-state index is 13.0. The van der Waals surface area contributed by atoms with Crippen molar-refractivity contribution in [2.45, 2.75) is 13.2 Å². The van der Waals surface area contributed by atoms with Gasteiger partial charge in [0.05, 0.1) is 16.4 Å². The van der Waals surface area contributed by atoms with Crippen molar-refractivity contribution in [1.29, 1.82) is 0 Å². The van der Waals surface area contributed by atoms with Gasteiger partial charge in [0.2, 0.25) is 0 Å². The molecule has 1 aliphatic heterocycles. The van der Waals surface area contributed by atoms with Crippen LogP contribution in [0.25, 0.3) is 6.08 Å². The van der Waals surface area contributed by atoms with Gasteiger partial charge in [0.1, 0.15) is 16.7 Å². The molecule has 1 amide bonds. The summed E-state index contributed by atoms with van der Waals surface area (Å²) >= 11 is 10.2. The molecule has 0 spiro atoms. The lowest BCUT2D eigenvalue weighted by Crippen LogP contribution is -2.27. The van der Waals surface area contributed by atoms with Crippen molar-refractivity contribution in [2.75, 3.05) is 0 Å². The van der Waals surface area contributed by atoms with Crippen molar-refractivity contribution in [3.05, 3.63) is 109 Å². The summed E-state index contributed by atoms with van der Waals surface area (Å²) in [5.74, 6) is 0.444. The Labute approximate surface area is 208 Å². The third kappa shape index (κ3) is 5.68. The number of nitrogens with zero attached hydrogens (tertiary/aromatic N) is 2. The van der Waals surface area contributed by atoms with Crippen LogP contribution in [-0.4, -0.2) is 20.1 Å². The number of thiocarbonyl (C=S) groups is 1. The Balaban J connectivity index is 1.52. The number of carbonyl (C=O) groups excluding carboxylic acids is 1. The number of benzene rings is 3. The molecule has 0 bridgehead atoms. The van der Waals surface area contributed by atoms with E-state index in [9.17, 15) is 14.9 Å². The highest BCUT2D eigenvalue weighted by molar-refractivity contribution is 9.10. The molecule has 9 heteroatoms. The van der Waals surface area contributed by atoms with Gasteiger partial charge in [-0.05, 0) is 47.5 Å². The van der Waals surface area contributed by atoms with Crippen LogP contribution in [-0.2, 0) is 17.9 Å². The molecule has 0 radical (unpaired) electrons. The van der Waals surface area contributed by atoms with Crippen molar-refractivity contribution < 1.29 is 14.5 Å². The number of ether oxygens (including phenoxy) is 1. The largest absolute Gasteiger partial charge is 0.488 e. The Morgan fingerprint density at radius 1 is 1.06 bits per heavy atom. The minimum absolute atomic E-state index is 0.0283. The molecule has 1 aliphatic rings. The van der Waals surface area contributed by atoms with Gasteiger partial charge in [0.25, 0.3) is 11.6 Å². The fraction of sp³-hybridized carbons (Fsp3) is 0.0833. The predicted molar refractivity (Wildman–Crippen MR) is 137 cm³/mol. The van der Waals surface area contributed by atoms with Gasteiger partial charge in [-0.1, -0.05) is 70.2 Å². The fourth-order valence-corrected chi connectivity index (χ4v) is 4.81. The molecule has 166 valence electrons. The molecule has 0 saturated carbocycles. The van der Waals surface area contributed by atoms with Crippen molar-refractivity contribution >= 4 is 61.9 Å². The first-order valence-electron chi connectivity index (χ1n) is 9.86. The quantitative estimate of drug-likeness (QED) is 0.151. The molecule has 0 aromatic heterocycles. The smallest absolute Gasteiger partial charge is 0.269 e. The van der Waals surface area contributed by atoms with Crippen molar-refractivity contribution in [3.63, 3.8) is 0 Å². The van der Waals surface area contributed by atoms with Crippen LogP contribution in [0.4, 0.5) is 5.69 Å². The summed E-state index contributed by atoms with van der Waals surface area (Å²) in [6.07, 6.45) is 1.78. The Morgan fingerprint density at radius 3 is 2.48 bits per heavy atom. The van der Waals surface area contributed by atoms with Crippen molar-refractivity contribution in [2.24, 2.45) is 0 Å². The topological polar surface area (TPSA) is 72.7 Å². The molecular formula is C24H17BrN2O4S2. The Kier molecular flexibility index (Phi) is 7.22. The minimum atomic E-state index is -0.439. The van der Waals surface area contributed by atoms with Crippen molar-refractivity contribution in [1.82, 2.24) is 4.90 Å². The van der Waals surface area contributed by atoms with Gasteiger partial charge in [-0.25, -0.2) is 0 Å². The summed E-state index contributed by atoms with van der Waals surface area (Å²) in [6, 6.07) is 21.4. The normalized spacial score (nSPS) is 14.7. The second-order valence-corrected chi connectivity index (χ2v) is 9.74. The highest BCUT2D eigenvalue weighted by atomic mass is 79.9. The first-order chi connectivity index (χ1) is 15.9. The zero-order chi connectivity index (χ0) is 23.4. The average molecular weight is 541 g/mol. The van der Waals surface area contributed by atoms with Gasteiger partial charge in [0.15, 0.2) is 0 Å². The van der Waals surface area contributed by atoms with Crippen LogP contribution >= 0.6 is 39.9 Å². The van der Waals surface area contributed by atoms with Crippen LogP contribution in [0.15, 0.2) is 82.2 Å². The summed E-state index contributed by atoms with van der Waals surface area (Å²) in [7, 11) is 0. The third-order valence-electron chi connectivity index (χ3n) is 4.86. The Morgan fingerprint density at radius 2 is 1.79 bits per heavy atom. The molecule has 3 aromatic rings. The molecule has 0 unspecified atom stereocenters. The van der Waals surface area contributed by atoms with Crippen LogP contribution in [0, 0.1) is 10.1 Å². The van der Waals surface area contributed by atoms with Gasteiger partial charge < -0.3 is 4.74 Å². The lowest BCUT2D eigenvalue weighted by atomic mass is 10.1. The standard InChI is InChI=1S/C24H17BrN2O4S2/c25-19-8-11-21(31-15-17-6-9-20(10-7-17)27(29)30)18(12-19)13-22-23(28)26(24(32)33-22)14-16-4-2-1-3-5-16/h1-13H,14-15H2/b22-13+. The highest BCUT2D eigenvalue weighted by Gasteiger charge is 2.32. The molecule has 4 rings (SSSR count). The summed E-state index contributed by atoms with van der Waals surface area (Å²) in [5.41, 5.74) is 2.56.